The smallest absolute Gasteiger partial charge is 0.171 e. The third-order valence-electron chi connectivity index (χ3n) is 4.34. The average molecular weight is 377 g/mol. The van der Waals surface area contributed by atoms with Crippen molar-refractivity contribution < 1.29 is 4.74 Å². The number of nitrogens with one attached hydrogen (secondary N) is 2. The minimum Gasteiger partial charge on any atom is -0.492 e. The molecule has 0 bridgehead atoms. The van der Waals surface area contributed by atoms with Crippen LogP contribution < -0.4 is 15.4 Å². The molecule has 0 aliphatic carbocycles. The number of thiocarbonyl (C=S) groups is 1. The van der Waals surface area contributed by atoms with Crippen LogP contribution in [0.5, 0.6) is 5.75 Å². The second-order valence-corrected chi connectivity index (χ2v) is 6.64. The summed E-state index contributed by atoms with van der Waals surface area (Å²) in [5.74, 6) is 0.788. The van der Waals surface area contributed by atoms with Crippen LogP contribution >= 0.6 is 12.2 Å². The van der Waals surface area contributed by atoms with Crippen LogP contribution in [0.1, 0.15) is 29.7 Å². The Morgan fingerprint density at radius 2 is 1.59 bits per heavy atom. The minimum absolute atomic E-state index is 0.0355. The third kappa shape index (κ3) is 4.86. The first kappa shape index (κ1) is 18.9. The van der Waals surface area contributed by atoms with E-state index in [4.69, 9.17) is 17.0 Å². The van der Waals surface area contributed by atoms with Gasteiger partial charge in [0, 0.05) is 0 Å². The molecule has 0 aromatic heterocycles. The zero-order chi connectivity index (χ0) is 19.1. The molecule has 3 aromatic carbocycles. The van der Waals surface area contributed by atoms with Crippen molar-refractivity contribution in [2.45, 2.75) is 19.9 Å². The molecular formula is C23H24N2OS. The van der Waals surface area contributed by atoms with E-state index < -0.39 is 0 Å². The van der Waals surface area contributed by atoms with Gasteiger partial charge in [-0.15, -0.1) is 0 Å². The number of benzene rings is 3. The number of hydrogen-bond acceptors (Lipinski definition) is 2. The first-order valence-corrected chi connectivity index (χ1v) is 9.49. The fourth-order valence-corrected chi connectivity index (χ4v) is 3.27. The van der Waals surface area contributed by atoms with Gasteiger partial charge in [0.15, 0.2) is 5.11 Å². The molecular weight excluding hydrogens is 352 g/mol. The molecule has 0 radical (unpaired) electrons. The summed E-state index contributed by atoms with van der Waals surface area (Å²) in [6.07, 6.45) is 0. The summed E-state index contributed by atoms with van der Waals surface area (Å²) in [5.41, 5.74) is 4.44. The van der Waals surface area contributed by atoms with Gasteiger partial charge in [0.25, 0.3) is 0 Å². The highest BCUT2D eigenvalue weighted by molar-refractivity contribution is 7.80. The Morgan fingerprint density at radius 1 is 0.926 bits per heavy atom. The van der Waals surface area contributed by atoms with Crippen molar-refractivity contribution in [2.24, 2.45) is 0 Å². The molecule has 0 saturated heterocycles. The maximum absolute atomic E-state index is 5.68. The van der Waals surface area contributed by atoms with Gasteiger partial charge < -0.3 is 15.4 Å². The Bertz CT molecular complexity index is 896. The van der Waals surface area contributed by atoms with Gasteiger partial charge in [-0.05, 0) is 54.9 Å². The molecule has 0 aliphatic rings. The predicted molar refractivity (Wildman–Crippen MR) is 116 cm³/mol. The summed E-state index contributed by atoms with van der Waals surface area (Å²) in [4.78, 5) is 0. The Morgan fingerprint density at radius 3 is 2.33 bits per heavy atom. The van der Waals surface area contributed by atoms with Crippen molar-refractivity contribution in [2.75, 3.05) is 11.9 Å². The number of para-hydroxylation sites is 2. The van der Waals surface area contributed by atoms with Gasteiger partial charge in [0.2, 0.25) is 0 Å². The lowest BCUT2D eigenvalue weighted by Gasteiger charge is -2.24. The highest BCUT2D eigenvalue weighted by atomic mass is 32.1. The second-order valence-electron chi connectivity index (χ2n) is 6.23. The number of ether oxygens (including phenoxy) is 1. The van der Waals surface area contributed by atoms with Gasteiger partial charge in [-0.1, -0.05) is 66.7 Å². The van der Waals surface area contributed by atoms with Crippen molar-refractivity contribution in [3.8, 4) is 5.75 Å². The number of anilines is 1. The van der Waals surface area contributed by atoms with Gasteiger partial charge in [0.1, 0.15) is 5.75 Å². The van der Waals surface area contributed by atoms with Crippen LogP contribution in [-0.2, 0) is 0 Å². The topological polar surface area (TPSA) is 33.3 Å². The number of hydrogen-bond donors (Lipinski definition) is 2. The molecule has 4 heteroatoms. The zero-order valence-corrected chi connectivity index (χ0v) is 16.4. The molecule has 0 aliphatic heterocycles. The predicted octanol–water partition coefficient (Wildman–Crippen LogP) is 5.47. The molecule has 0 saturated carbocycles. The van der Waals surface area contributed by atoms with E-state index in [1.807, 2.05) is 49.4 Å². The molecule has 0 unspecified atom stereocenters. The first-order chi connectivity index (χ1) is 13.2. The lowest BCUT2D eigenvalue weighted by atomic mass is 9.95. The van der Waals surface area contributed by atoms with E-state index in [9.17, 15) is 0 Å². The summed E-state index contributed by atoms with van der Waals surface area (Å²) < 4.78 is 5.68. The van der Waals surface area contributed by atoms with Crippen molar-refractivity contribution in [3.05, 3.63) is 95.6 Å². The zero-order valence-electron chi connectivity index (χ0n) is 15.6. The van der Waals surface area contributed by atoms with E-state index in [0.29, 0.717) is 11.7 Å². The highest BCUT2D eigenvalue weighted by Crippen LogP contribution is 2.27. The first-order valence-electron chi connectivity index (χ1n) is 9.09. The van der Waals surface area contributed by atoms with E-state index in [1.54, 1.807) is 0 Å². The van der Waals surface area contributed by atoms with Crippen molar-refractivity contribution in [1.29, 1.82) is 0 Å². The van der Waals surface area contributed by atoms with Crippen LogP contribution in [0.15, 0.2) is 78.9 Å². The second kappa shape index (κ2) is 9.19. The SMILES string of the molecule is CCOc1ccccc1NC(=S)N[C@H](c1ccccc1)c1ccccc1C. The molecule has 3 aromatic rings. The lowest BCUT2D eigenvalue weighted by molar-refractivity contribution is 0.342. The molecule has 3 rings (SSSR count). The van der Waals surface area contributed by atoms with Gasteiger partial charge in [-0.25, -0.2) is 0 Å². The molecule has 27 heavy (non-hydrogen) atoms. The standard InChI is InChI=1S/C23H24N2OS/c1-3-26-21-16-10-9-15-20(21)24-23(27)25-22(18-12-5-4-6-13-18)19-14-8-7-11-17(19)2/h4-16,22H,3H2,1-2H3,(H2,24,25,27)/t22-/m1/s1. The molecule has 2 N–H and O–H groups in total. The normalized spacial score (nSPS) is 11.5. The molecule has 0 fully saturated rings. The largest absolute Gasteiger partial charge is 0.492 e. The molecule has 3 nitrogen and oxygen atoms in total. The maximum Gasteiger partial charge on any atom is 0.171 e. The van der Waals surface area contributed by atoms with Gasteiger partial charge in [-0.2, -0.15) is 0 Å². The molecule has 0 heterocycles. The van der Waals surface area contributed by atoms with Crippen LogP contribution in [0.2, 0.25) is 0 Å². The summed E-state index contributed by atoms with van der Waals surface area (Å²) in [7, 11) is 0. The van der Waals surface area contributed by atoms with Crippen LogP contribution in [0.25, 0.3) is 0 Å². The van der Waals surface area contributed by atoms with E-state index in [0.717, 1.165) is 17.0 Å². The van der Waals surface area contributed by atoms with Gasteiger partial charge >= 0.3 is 0 Å². The Kier molecular flexibility index (Phi) is 6.44. The minimum atomic E-state index is -0.0355. The highest BCUT2D eigenvalue weighted by Gasteiger charge is 2.17. The van der Waals surface area contributed by atoms with Crippen molar-refractivity contribution >= 4 is 23.0 Å². The molecule has 138 valence electrons. The van der Waals surface area contributed by atoms with E-state index >= 15 is 0 Å². The van der Waals surface area contributed by atoms with Crippen molar-refractivity contribution in [3.63, 3.8) is 0 Å². The molecule has 0 amide bonds. The van der Waals surface area contributed by atoms with Crippen LogP contribution in [-0.4, -0.2) is 11.7 Å². The van der Waals surface area contributed by atoms with Crippen LogP contribution in [0.3, 0.4) is 0 Å². The maximum atomic E-state index is 5.68. The summed E-state index contributed by atoms with van der Waals surface area (Å²) in [6, 6.07) is 26.5. The van der Waals surface area contributed by atoms with E-state index in [2.05, 4.69) is 54.0 Å². The van der Waals surface area contributed by atoms with Gasteiger partial charge in [-0.3, -0.25) is 0 Å². The number of aryl methyl sites for hydroxylation is 1. The summed E-state index contributed by atoms with van der Waals surface area (Å²) in [6.45, 7) is 4.69. The van der Waals surface area contributed by atoms with Crippen molar-refractivity contribution in [1.82, 2.24) is 5.32 Å². The Balaban J connectivity index is 1.85. The Hall–Kier alpha value is -2.85. The van der Waals surface area contributed by atoms with Crippen LogP contribution in [0, 0.1) is 6.92 Å². The number of rotatable bonds is 6. The lowest BCUT2D eigenvalue weighted by Crippen LogP contribution is -2.33. The Labute approximate surface area is 166 Å². The fourth-order valence-electron chi connectivity index (χ4n) is 3.04. The monoisotopic (exact) mass is 376 g/mol. The molecule has 0 spiro atoms. The third-order valence-corrected chi connectivity index (χ3v) is 4.56. The van der Waals surface area contributed by atoms with E-state index in [-0.39, 0.29) is 6.04 Å². The summed E-state index contributed by atoms with van der Waals surface area (Å²) >= 11 is 5.62. The summed E-state index contributed by atoms with van der Waals surface area (Å²) in [5, 5.41) is 7.31. The van der Waals surface area contributed by atoms with E-state index in [1.165, 1.54) is 11.1 Å². The fraction of sp³-hybridized carbons (Fsp3) is 0.174. The average Bonchev–Trinajstić information content (AvgIpc) is 2.69. The quantitative estimate of drug-likeness (QED) is 0.559. The van der Waals surface area contributed by atoms with Gasteiger partial charge in [0.05, 0.1) is 18.3 Å². The molecule has 1 atom stereocenters. The van der Waals surface area contributed by atoms with Crippen LogP contribution in [0.4, 0.5) is 5.69 Å².